The summed E-state index contributed by atoms with van der Waals surface area (Å²) in [5.41, 5.74) is 2.12. The number of anilines is 1. The van der Waals surface area contributed by atoms with E-state index in [1.807, 2.05) is 12.0 Å². The largest absolute Gasteiger partial charge is 0.493 e. The Morgan fingerprint density at radius 1 is 1.09 bits per heavy atom. The number of hydroxylamine groups is 1. The van der Waals surface area contributed by atoms with Crippen LogP contribution in [-0.2, 0) is 10.3 Å². The van der Waals surface area contributed by atoms with Crippen LogP contribution in [-0.4, -0.2) is 25.8 Å². The van der Waals surface area contributed by atoms with Gasteiger partial charge in [0, 0.05) is 12.3 Å². The first-order valence-electron chi connectivity index (χ1n) is 12.1. The van der Waals surface area contributed by atoms with Crippen molar-refractivity contribution in [3.63, 3.8) is 0 Å². The third-order valence-corrected chi connectivity index (χ3v) is 7.82. The van der Waals surface area contributed by atoms with E-state index >= 15 is 0 Å². The Labute approximate surface area is 200 Å². The van der Waals surface area contributed by atoms with Crippen molar-refractivity contribution < 1.29 is 14.3 Å². The summed E-state index contributed by atoms with van der Waals surface area (Å²) >= 11 is 1.66. The molecule has 1 aromatic heterocycles. The van der Waals surface area contributed by atoms with Gasteiger partial charge in [0.25, 0.3) is 0 Å². The molecule has 2 saturated carbocycles. The van der Waals surface area contributed by atoms with Crippen molar-refractivity contribution in [1.29, 1.82) is 0 Å². The first kappa shape index (κ1) is 22.2. The Bertz CT molecular complexity index is 1070. The maximum Gasteiger partial charge on any atom is 0.216 e. The van der Waals surface area contributed by atoms with E-state index < -0.39 is 0 Å². The lowest BCUT2D eigenvalue weighted by Gasteiger charge is -2.33. The van der Waals surface area contributed by atoms with Crippen molar-refractivity contribution in [1.82, 2.24) is 0 Å². The van der Waals surface area contributed by atoms with Gasteiger partial charge in [-0.25, -0.2) is 4.99 Å². The molecule has 3 aliphatic rings. The summed E-state index contributed by atoms with van der Waals surface area (Å²) in [6, 6.07) is 8.56. The molecule has 0 unspecified atom stereocenters. The third-order valence-electron chi connectivity index (χ3n) is 6.98. The van der Waals surface area contributed by atoms with E-state index in [4.69, 9.17) is 14.3 Å². The first-order valence-corrected chi connectivity index (χ1v) is 13.0. The van der Waals surface area contributed by atoms with E-state index in [1.165, 1.54) is 37.7 Å². The standard InChI is InChI=1S/C27H32N2O3S/c1-20-28-19-29(32-20)22-17-24(33-18-22)12-15-27(13-6-3-7-14-27)21-10-11-25(30-2)26(16-21)31-23-8-4-5-9-23/h10-11,16-18,23H,3-9,13-14,19H2,1-2H3. The number of hydrogen-bond acceptors (Lipinski definition) is 6. The Balaban J connectivity index is 1.42. The Morgan fingerprint density at radius 3 is 2.64 bits per heavy atom. The quantitative estimate of drug-likeness (QED) is 0.476. The van der Waals surface area contributed by atoms with Crippen molar-refractivity contribution in [3.8, 4) is 23.3 Å². The Hall–Kier alpha value is -2.65. The smallest absolute Gasteiger partial charge is 0.216 e. The predicted octanol–water partition coefficient (Wildman–Crippen LogP) is 6.46. The molecule has 2 fully saturated rings. The molecule has 5 nitrogen and oxygen atoms in total. The highest BCUT2D eigenvalue weighted by Crippen LogP contribution is 2.43. The number of rotatable bonds is 5. The van der Waals surface area contributed by atoms with Crippen LogP contribution >= 0.6 is 11.3 Å². The van der Waals surface area contributed by atoms with Crippen LogP contribution in [0.5, 0.6) is 11.5 Å². The molecule has 0 radical (unpaired) electrons. The molecule has 2 aromatic rings. The highest BCUT2D eigenvalue weighted by Gasteiger charge is 2.33. The molecular formula is C27H32N2O3S. The lowest BCUT2D eigenvalue weighted by molar-refractivity contribution is 0.200. The zero-order valence-electron chi connectivity index (χ0n) is 19.6. The minimum absolute atomic E-state index is 0.147. The van der Waals surface area contributed by atoms with Gasteiger partial charge >= 0.3 is 0 Å². The average Bonchev–Trinajstić information content (AvgIpc) is 3.61. The van der Waals surface area contributed by atoms with Crippen molar-refractivity contribution in [2.75, 3.05) is 18.8 Å². The molecule has 1 aromatic carbocycles. The summed E-state index contributed by atoms with van der Waals surface area (Å²) in [5.74, 6) is 9.61. The zero-order chi connectivity index (χ0) is 22.7. The van der Waals surface area contributed by atoms with Crippen molar-refractivity contribution in [2.45, 2.75) is 76.2 Å². The van der Waals surface area contributed by atoms with Gasteiger partial charge in [-0.1, -0.05) is 37.2 Å². The predicted molar refractivity (Wildman–Crippen MR) is 133 cm³/mol. The average molecular weight is 465 g/mol. The monoisotopic (exact) mass is 464 g/mol. The molecule has 0 atom stereocenters. The van der Waals surface area contributed by atoms with Crippen LogP contribution in [0.1, 0.15) is 75.2 Å². The molecule has 33 heavy (non-hydrogen) atoms. The fourth-order valence-corrected chi connectivity index (χ4v) is 5.84. The molecule has 2 aliphatic carbocycles. The molecule has 0 bridgehead atoms. The summed E-state index contributed by atoms with van der Waals surface area (Å²) in [4.78, 5) is 11.0. The van der Waals surface area contributed by atoms with Gasteiger partial charge < -0.3 is 14.3 Å². The Morgan fingerprint density at radius 2 is 1.91 bits per heavy atom. The molecule has 2 heterocycles. The van der Waals surface area contributed by atoms with Crippen LogP contribution in [0, 0.1) is 11.8 Å². The van der Waals surface area contributed by atoms with Gasteiger partial charge in [0.1, 0.15) is 6.67 Å². The summed E-state index contributed by atoms with van der Waals surface area (Å²) in [7, 11) is 1.72. The minimum Gasteiger partial charge on any atom is -0.493 e. The van der Waals surface area contributed by atoms with Crippen LogP contribution < -0.4 is 14.5 Å². The molecule has 0 saturated heterocycles. The van der Waals surface area contributed by atoms with Gasteiger partial charge in [-0.05, 0) is 62.3 Å². The van der Waals surface area contributed by atoms with Crippen LogP contribution in [0.3, 0.4) is 0 Å². The van der Waals surface area contributed by atoms with Crippen LogP contribution in [0.4, 0.5) is 5.69 Å². The van der Waals surface area contributed by atoms with Gasteiger partial charge in [0.05, 0.1) is 29.2 Å². The molecule has 6 heteroatoms. The molecule has 0 spiro atoms. The number of methoxy groups -OCH3 is 1. The van der Waals surface area contributed by atoms with E-state index in [0.29, 0.717) is 18.7 Å². The molecule has 0 amide bonds. The SMILES string of the molecule is COc1ccc(C2(C#Cc3cc(N4CN=C(C)O4)cs3)CCCCC2)cc1OC1CCCC1. The molecule has 1 aliphatic heterocycles. The van der Waals surface area contributed by atoms with Crippen molar-refractivity contribution in [2.24, 2.45) is 4.99 Å². The Kier molecular flexibility index (Phi) is 6.50. The van der Waals surface area contributed by atoms with Gasteiger partial charge in [0.15, 0.2) is 11.5 Å². The summed E-state index contributed by atoms with van der Waals surface area (Å²) in [6.07, 6.45) is 10.9. The highest BCUT2D eigenvalue weighted by atomic mass is 32.1. The van der Waals surface area contributed by atoms with E-state index in [2.05, 4.69) is 46.5 Å². The normalized spacial score (nSPS) is 20.1. The lowest BCUT2D eigenvalue weighted by Crippen LogP contribution is -2.27. The van der Waals surface area contributed by atoms with E-state index in [1.54, 1.807) is 18.4 Å². The molecule has 174 valence electrons. The van der Waals surface area contributed by atoms with Gasteiger partial charge in [-0.2, -0.15) is 5.06 Å². The highest BCUT2D eigenvalue weighted by molar-refractivity contribution is 7.11. The fourth-order valence-electron chi connectivity index (χ4n) is 5.11. The van der Waals surface area contributed by atoms with E-state index in [0.717, 1.165) is 47.7 Å². The number of ether oxygens (including phenoxy) is 2. The van der Waals surface area contributed by atoms with Crippen molar-refractivity contribution >= 4 is 22.9 Å². The molecular weight excluding hydrogens is 432 g/mol. The number of aliphatic imine (C=N–C) groups is 1. The van der Waals surface area contributed by atoms with Crippen molar-refractivity contribution in [3.05, 3.63) is 40.1 Å². The number of benzene rings is 1. The van der Waals surface area contributed by atoms with Crippen LogP contribution in [0.2, 0.25) is 0 Å². The third kappa shape index (κ3) is 4.84. The second kappa shape index (κ2) is 9.69. The molecule has 5 rings (SSSR count). The zero-order valence-corrected chi connectivity index (χ0v) is 20.4. The second-order valence-corrected chi connectivity index (χ2v) is 10.2. The minimum atomic E-state index is -0.147. The van der Waals surface area contributed by atoms with Crippen LogP contribution in [0.15, 0.2) is 34.6 Å². The van der Waals surface area contributed by atoms with Gasteiger partial charge in [-0.15, -0.1) is 11.3 Å². The van der Waals surface area contributed by atoms with Crippen LogP contribution in [0.25, 0.3) is 0 Å². The van der Waals surface area contributed by atoms with Gasteiger partial charge in [0.2, 0.25) is 5.90 Å². The molecule has 0 N–H and O–H groups in total. The maximum atomic E-state index is 6.40. The topological polar surface area (TPSA) is 43.3 Å². The number of thiophene rings is 1. The summed E-state index contributed by atoms with van der Waals surface area (Å²) in [6.45, 7) is 2.41. The first-order chi connectivity index (χ1) is 16.1. The van der Waals surface area contributed by atoms with E-state index in [-0.39, 0.29) is 5.41 Å². The second-order valence-electron chi connectivity index (χ2n) is 9.24. The number of nitrogens with zero attached hydrogens (tertiary/aromatic N) is 2. The maximum absolute atomic E-state index is 6.40. The lowest BCUT2D eigenvalue weighted by atomic mass is 9.70. The summed E-state index contributed by atoms with van der Waals surface area (Å²) in [5, 5.41) is 3.90. The number of hydrogen-bond donors (Lipinski definition) is 0. The van der Waals surface area contributed by atoms with Gasteiger partial charge in [-0.3, -0.25) is 0 Å². The fraction of sp³-hybridized carbons (Fsp3) is 0.519. The van der Waals surface area contributed by atoms with E-state index in [9.17, 15) is 0 Å². The summed E-state index contributed by atoms with van der Waals surface area (Å²) < 4.78 is 12.0.